The van der Waals surface area contributed by atoms with Crippen LogP contribution in [0.5, 0.6) is 0 Å². The molecule has 2 nitrogen and oxygen atoms in total. The number of benzene rings is 2. The number of rotatable bonds is 2. The molecule has 2 aromatic rings. The van der Waals surface area contributed by atoms with Crippen LogP contribution in [0.15, 0.2) is 48.5 Å². The van der Waals surface area contributed by atoms with Gasteiger partial charge in [-0.15, -0.1) is 6.42 Å². The molecule has 1 atom stereocenters. The van der Waals surface area contributed by atoms with Crippen LogP contribution in [0, 0.1) is 12.3 Å². The van der Waals surface area contributed by atoms with Crippen LogP contribution in [0.25, 0.3) is 11.1 Å². The lowest BCUT2D eigenvalue weighted by molar-refractivity contribution is -0.119. The molecule has 98 valence electrons. The SMILES string of the molecule is C#Cc1ccc(-c2ccc([C@@H]3CNC(=O)C3)cc2)cc1. The van der Waals surface area contributed by atoms with Crippen LogP contribution >= 0.6 is 0 Å². The van der Waals surface area contributed by atoms with Crippen molar-refractivity contribution in [3.63, 3.8) is 0 Å². The first-order chi connectivity index (χ1) is 9.76. The fraction of sp³-hybridized carbons (Fsp3) is 0.167. The Kier molecular flexibility index (Phi) is 3.26. The Bertz CT molecular complexity index is 662. The minimum absolute atomic E-state index is 0.143. The van der Waals surface area contributed by atoms with E-state index >= 15 is 0 Å². The van der Waals surface area contributed by atoms with E-state index in [-0.39, 0.29) is 5.91 Å². The lowest BCUT2D eigenvalue weighted by Gasteiger charge is -2.09. The maximum absolute atomic E-state index is 11.2. The van der Waals surface area contributed by atoms with E-state index in [4.69, 9.17) is 6.42 Å². The van der Waals surface area contributed by atoms with E-state index in [1.165, 1.54) is 5.56 Å². The molecule has 1 aliphatic heterocycles. The number of amides is 1. The Labute approximate surface area is 118 Å². The second-order valence-electron chi connectivity index (χ2n) is 5.05. The zero-order valence-electron chi connectivity index (χ0n) is 11.1. The van der Waals surface area contributed by atoms with Gasteiger partial charge in [-0.3, -0.25) is 4.79 Å². The van der Waals surface area contributed by atoms with Crippen molar-refractivity contribution in [2.75, 3.05) is 6.54 Å². The van der Waals surface area contributed by atoms with Crippen molar-refractivity contribution < 1.29 is 4.79 Å². The molecular formula is C18H15NO. The molecule has 1 heterocycles. The van der Waals surface area contributed by atoms with Crippen molar-refractivity contribution in [2.24, 2.45) is 0 Å². The van der Waals surface area contributed by atoms with E-state index in [1.54, 1.807) is 0 Å². The molecule has 0 radical (unpaired) electrons. The molecule has 2 heteroatoms. The van der Waals surface area contributed by atoms with Crippen LogP contribution in [0.2, 0.25) is 0 Å². The highest BCUT2D eigenvalue weighted by Crippen LogP contribution is 2.26. The molecule has 1 N–H and O–H groups in total. The van der Waals surface area contributed by atoms with Gasteiger partial charge in [0.2, 0.25) is 5.91 Å². The van der Waals surface area contributed by atoms with Gasteiger partial charge >= 0.3 is 0 Å². The number of terminal acetylenes is 1. The van der Waals surface area contributed by atoms with Crippen LogP contribution in [-0.4, -0.2) is 12.5 Å². The summed E-state index contributed by atoms with van der Waals surface area (Å²) in [6.07, 6.45) is 5.95. The number of carbonyl (C=O) groups is 1. The molecule has 1 saturated heterocycles. The Balaban J connectivity index is 1.82. The van der Waals surface area contributed by atoms with E-state index in [1.807, 2.05) is 24.3 Å². The first-order valence-corrected chi connectivity index (χ1v) is 6.70. The second kappa shape index (κ2) is 5.22. The first kappa shape index (κ1) is 12.5. The van der Waals surface area contributed by atoms with Gasteiger partial charge in [-0.25, -0.2) is 0 Å². The summed E-state index contributed by atoms with van der Waals surface area (Å²) in [6, 6.07) is 16.4. The third-order valence-electron chi connectivity index (χ3n) is 3.74. The average Bonchev–Trinajstić information content (AvgIpc) is 2.94. The van der Waals surface area contributed by atoms with Crippen molar-refractivity contribution in [3.05, 3.63) is 59.7 Å². The zero-order valence-corrected chi connectivity index (χ0v) is 11.1. The van der Waals surface area contributed by atoms with Crippen molar-refractivity contribution in [3.8, 4) is 23.5 Å². The fourth-order valence-electron chi connectivity index (χ4n) is 2.55. The third kappa shape index (κ3) is 2.44. The van der Waals surface area contributed by atoms with Gasteiger partial charge in [0.1, 0.15) is 0 Å². The van der Waals surface area contributed by atoms with E-state index in [0.29, 0.717) is 12.3 Å². The molecule has 1 amide bonds. The Morgan fingerprint density at radius 2 is 1.60 bits per heavy atom. The molecule has 2 aromatic carbocycles. The highest BCUT2D eigenvalue weighted by atomic mass is 16.1. The molecule has 0 aliphatic carbocycles. The quantitative estimate of drug-likeness (QED) is 0.827. The first-order valence-electron chi connectivity index (χ1n) is 6.70. The van der Waals surface area contributed by atoms with Crippen molar-refractivity contribution in [1.29, 1.82) is 0 Å². The smallest absolute Gasteiger partial charge is 0.220 e. The summed E-state index contributed by atoms with van der Waals surface area (Å²) in [5, 5.41) is 2.87. The standard InChI is InChI=1S/C18H15NO/c1-2-13-3-5-14(6-4-13)15-7-9-16(10-8-15)17-11-18(20)19-12-17/h1,3-10,17H,11-12H2,(H,19,20)/t17-/m0/s1. The highest BCUT2D eigenvalue weighted by Gasteiger charge is 2.22. The maximum Gasteiger partial charge on any atom is 0.220 e. The Morgan fingerprint density at radius 1 is 1.00 bits per heavy atom. The van der Waals surface area contributed by atoms with E-state index in [0.717, 1.165) is 23.2 Å². The number of carbonyl (C=O) groups excluding carboxylic acids is 1. The van der Waals surface area contributed by atoms with Crippen LogP contribution in [0.1, 0.15) is 23.5 Å². The predicted molar refractivity (Wildman–Crippen MR) is 80.2 cm³/mol. The summed E-state index contributed by atoms with van der Waals surface area (Å²) in [4.78, 5) is 11.2. The molecule has 3 rings (SSSR count). The lowest BCUT2D eigenvalue weighted by atomic mass is 9.95. The number of hydrogen-bond acceptors (Lipinski definition) is 1. The molecule has 20 heavy (non-hydrogen) atoms. The van der Waals surface area contributed by atoms with Crippen molar-refractivity contribution in [1.82, 2.24) is 5.32 Å². The molecule has 1 aliphatic rings. The summed E-state index contributed by atoms with van der Waals surface area (Å²) >= 11 is 0. The molecule has 0 spiro atoms. The monoisotopic (exact) mass is 261 g/mol. The Morgan fingerprint density at radius 3 is 2.10 bits per heavy atom. The van der Waals surface area contributed by atoms with E-state index in [2.05, 4.69) is 35.5 Å². The summed E-state index contributed by atoms with van der Waals surface area (Å²) in [5.41, 5.74) is 4.42. The van der Waals surface area contributed by atoms with Gasteiger partial charge in [0.15, 0.2) is 0 Å². The van der Waals surface area contributed by atoms with Crippen molar-refractivity contribution >= 4 is 5.91 Å². The Hall–Kier alpha value is -2.53. The zero-order chi connectivity index (χ0) is 13.9. The van der Waals surface area contributed by atoms with Crippen LogP contribution in [0.3, 0.4) is 0 Å². The minimum Gasteiger partial charge on any atom is -0.355 e. The second-order valence-corrected chi connectivity index (χ2v) is 5.05. The summed E-state index contributed by atoms with van der Waals surface area (Å²) in [6.45, 7) is 0.745. The predicted octanol–water partition coefficient (Wildman–Crippen LogP) is 2.94. The van der Waals surface area contributed by atoms with Gasteiger partial charge in [-0.2, -0.15) is 0 Å². The summed E-state index contributed by atoms with van der Waals surface area (Å²) in [5.74, 6) is 3.07. The number of hydrogen-bond donors (Lipinski definition) is 1. The van der Waals surface area contributed by atoms with E-state index in [9.17, 15) is 4.79 Å². The van der Waals surface area contributed by atoms with Gasteiger partial charge in [0.05, 0.1) is 0 Å². The van der Waals surface area contributed by atoms with Gasteiger partial charge in [-0.1, -0.05) is 42.3 Å². The molecule has 1 fully saturated rings. The largest absolute Gasteiger partial charge is 0.355 e. The van der Waals surface area contributed by atoms with Gasteiger partial charge < -0.3 is 5.32 Å². The average molecular weight is 261 g/mol. The lowest BCUT2D eigenvalue weighted by Crippen LogP contribution is -2.13. The van der Waals surface area contributed by atoms with Crippen LogP contribution < -0.4 is 5.32 Å². The number of nitrogens with one attached hydrogen (secondary N) is 1. The summed E-state index contributed by atoms with van der Waals surface area (Å²) in [7, 11) is 0. The molecule has 0 saturated carbocycles. The highest BCUT2D eigenvalue weighted by molar-refractivity contribution is 5.79. The maximum atomic E-state index is 11.2. The normalized spacial score (nSPS) is 17.6. The molecular weight excluding hydrogens is 246 g/mol. The van der Waals surface area contributed by atoms with E-state index < -0.39 is 0 Å². The van der Waals surface area contributed by atoms with Crippen molar-refractivity contribution in [2.45, 2.75) is 12.3 Å². The topological polar surface area (TPSA) is 29.1 Å². The summed E-state index contributed by atoms with van der Waals surface area (Å²) < 4.78 is 0. The van der Waals surface area contributed by atoms with Gasteiger partial charge in [-0.05, 0) is 28.8 Å². The third-order valence-corrected chi connectivity index (χ3v) is 3.74. The van der Waals surface area contributed by atoms with Crippen LogP contribution in [0.4, 0.5) is 0 Å². The molecule has 0 bridgehead atoms. The fourth-order valence-corrected chi connectivity index (χ4v) is 2.55. The van der Waals surface area contributed by atoms with Crippen LogP contribution in [-0.2, 0) is 4.79 Å². The minimum atomic E-state index is 0.143. The van der Waals surface area contributed by atoms with Gasteiger partial charge in [0, 0.05) is 24.4 Å². The van der Waals surface area contributed by atoms with Gasteiger partial charge in [0.25, 0.3) is 0 Å². The molecule has 0 unspecified atom stereocenters. The molecule has 0 aromatic heterocycles.